The highest BCUT2D eigenvalue weighted by Gasteiger charge is 2.48. The molecule has 218 valence electrons. The van der Waals surface area contributed by atoms with E-state index in [9.17, 15) is 40.0 Å². The van der Waals surface area contributed by atoms with Crippen LogP contribution in [-0.4, -0.2) is 41.2 Å². The zero-order valence-corrected chi connectivity index (χ0v) is 22.4. The van der Waals surface area contributed by atoms with E-state index in [1.165, 1.54) is 18.7 Å². The van der Waals surface area contributed by atoms with Crippen molar-refractivity contribution in [3.63, 3.8) is 0 Å². The Hall–Kier alpha value is -3.65. The number of amides is 1. The van der Waals surface area contributed by atoms with Crippen molar-refractivity contribution in [2.45, 2.75) is 61.9 Å². The van der Waals surface area contributed by atoms with Gasteiger partial charge < -0.3 is 9.88 Å². The van der Waals surface area contributed by atoms with Crippen molar-refractivity contribution < 1.29 is 35.2 Å². The number of hydrogen-bond donors (Lipinski definition) is 1. The molecule has 1 N–H and O–H groups in total. The third kappa shape index (κ3) is 5.37. The lowest BCUT2D eigenvalue weighted by Crippen LogP contribution is -2.59. The number of halogens is 5. The molecule has 2 aliphatic rings. The predicted octanol–water partition coefficient (Wildman–Crippen LogP) is 4.51. The molecule has 8 nitrogen and oxygen atoms in total. The first kappa shape index (κ1) is 28.9. The Kier molecular flexibility index (Phi) is 7.97. The molecule has 3 heterocycles. The molecule has 0 spiro atoms. The smallest absolute Gasteiger partial charge is 0.249 e. The summed E-state index contributed by atoms with van der Waals surface area (Å²) < 4.78 is 96.5. The molecule has 0 bridgehead atoms. The van der Waals surface area contributed by atoms with Gasteiger partial charge in [-0.15, -0.1) is 0 Å². The summed E-state index contributed by atoms with van der Waals surface area (Å²) in [5.41, 5.74) is 1.02. The largest absolute Gasteiger partial charge is 0.329 e. The number of rotatable bonds is 7. The number of nitrogens with zero attached hydrogens (tertiary/aromatic N) is 3. The summed E-state index contributed by atoms with van der Waals surface area (Å²) in [6.07, 6.45) is 8.44. The summed E-state index contributed by atoms with van der Waals surface area (Å²) in [7, 11) is -5.33. The third-order valence-corrected chi connectivity index (χ3v) is 9.50. The van der Waals surface area contributed by atoms with Gasteiger partial charge >= 0.3 is 0 Å². The Balaban J connectivity index is 1.45. The van der Waals surface area contributed by atoms with E-state index in [1.807, 2.05) is 6.07 Å². The van der Waals surface area contributed by atoms with E-state index in [1.54, 1.807) is 12.3 Å². The molecule has 0 radical (unpaired) electrons. The molecule has 2 aromatic heterocycles. The predicted molar refractivity (Wildman–Crippen MR) is 137 cm³/mol. The minimum atomic E-state index is -5.33. The van der Waals surface area contributed by atoms with Gasteiger partial charge in [-0.05, 0) is 42.9 Å². The van der Waals surface area contributed by atoms with Gasteiger partial charge in [0.05, 0.1) is 17.9 Å². The average Bonchev–Trinajstić information content (AvgIpc) is 2.93. The summed E-state index contributed by atoms with van der Waals surface area (Å²) in [6, 6.07) is 4.60. The summed E-state index contributed by atoms with van der Waals surface area (Å²) in [6.45, 7) is -0.587. The van der Waals surface area contributed by atoms with Crippen LogP contribution in [0.2, 0.25) is 0 Å². The van der Waals surface area contributed by atoms with Gasteiger partial charge in [-0.25, -0.2) is 30.4 Å². The molecule has 14 heteroatoms. The molecular formula is C27H25F5N4O4S. The van der Waals surface area contributed by atoms with Crippen LogP contribution >= 0.6 is 0 Å². The normalized spacial score (nSPS) is 18.2. The Bertz CT molecular complexity index is 1610. The van der Waals surface area contributed by atoms with Gasteiger partial charge in [-0.1, -0.05) is 25.3 Å². The third-order valence-electron chi connectivity index (χ3n) is 7.57. The topological polar surface area (TPSA) is 103 Å². The molecule has 1 saturated carbocycles. The van der Waals surface area contributed by atoms with E-state index >= 15 is 0 Å². The standard InChI is InChI=1S/C27H25F5N4O4S/c28-21-22(29)24(31)26(25(32)23(21)30)41(39,40)36-11-9-19(36)27(38)35(18-8-10-33-20(37)12-18)14-17-7-6-16(13-34-17)15-4-2-1-3-5-15/h6-8,10,12-13,15,19H,1-5,9,11,14H2,(H,33,37)/t19-/m1/s1. The van der Waals surface area contributed by atoms with Crippen LogP contribution in [0, 0.1) is 29.1 Å². The van der Waals surface area contributed by atoms with Crippen molar-refractivity contribution in [1.29, 1.82) is 0 Å². The van der Waals surface area contributed by atoms with Gasteiger partial charge in [0.2, 0.25) is 27.3 Å². The molecule has 1 atom stereocenters. The van der Waals surface area contributed by atoms with Gasteiger partial charge in [0.1, 0.15) is 6.04 Å². The highest BCUT2D eigenvalue weighted by atomic mass is 32.2. The number of hydrogen-bond acceptors (Lipinski definition) is 5. The van der Waals surface area contributed by atoms with Crippen molar-refractivity contribution in [3.8, 4) is 0 Å². The monoisotopic (exact) mass is 596 g/mol. The number of nitrogens with one attached hydrogen (secondary N) is 1. The number of sulfonamides is 1. The maximum absolute atomic E-state index is 14.4. The fourth-order valence-corrected chi connectivity index (χ4v) is 7.02. The summed E-state index contributed by atoms with van der Waals surface area (Å²) in [4.78, 5) is 31.6. The zero-order chi connectivity index (χ0) is 29.5. The lowest BCUT2D eigenvalue weighted by Gasteiger charge is -2.41. The van der Waals surface area contributed by atoms with Crippen molar-refractivity contribution in [3.05, 3.63) is 87.4 Å². The Morgan fingerprint density at radius 2 is 1.61 bits per heavy atom. The quantitative estimate of drug-likeness (QED) is 0.246. The number of pyridine rings is 2. The lowest BCUT2D eigenvalue weighted by atomic mass is 9.85. The molecule has 41 heavy (non-hydrogen) atoms. The SMILES string of the molecule is O=C([C@H]1CCN1S(=O)(=O)c1c(F)c(F)c(F)c(F)c1F)N(Cc1ccc(C2CCCCC2)cn1)c1cc[nH]c(=O)c1. The maximum atomic E-state index is 14.4. The highest BCUT2D eigenvalue weighted by molar-refractivity contribution is 7.89. The van der Waals surface area contributed by atoms with Crippen LogP contribution in [0.1, 0.15) is 55.7 Å². The second kappa shape index (κ2) is 11.3. The Morgan fingerprint density at radius 3 is 2.17 bits per heavy atom. The van der Waals surface area contributed by atoms with E-state index in [0.717, 1.165) is 42.2 Å². The summed E-state index contributed by atoms with van der Waals surface area (Å²) in [5.74, 6) is -12.9. The molecule has 1 aromatic carbocycles. The number of H-pyrrole nitrogens is 1. The first-order valence-corrected chi connectivity index (χ1v) is 14.4. The fraction of sp³-hybridized carbons (Fsp3) is 0.370. The Labute approximate surface area is 231 Å². The zero-order valence-electron chi connectivity index (χ0n) is 21.5. The van der Waals surface area contributed by atoms with Crippen LogP contribution in [0.15, 0.2) is 46.3 Å². The molecule has 3 aromatic rings. The lowest BCUT2D eigenvalue weighted by molar-refractivity contribution is -0.125. The first-order valence-electron chi connectivity index (χ1n) is 13.0. The van der Waals surface area contributed by atoms with Crippen LogP contribution in [0.25, 0.3) is 0 Å². The number of anilines is 1. The van der Waals surface area contributed by atoms with Crippen LogP contribution in [0.3, 0.4) is 0 Å². The van der Waals surface area contributed by atoms with Gasteiger partial charge in [-0.2, -0.15) is 4.31 Å². The Morgan fingerprint density at radius 1 is 0.951 bits per heavy atom. The number of aromatic nitrogens is 2. The molecule has 1 amide bonds. The number of carbonyl (C=O) groups is 1. The first-order chi connectivity index (χ1) is 19.5. The van der Waals surface area contributed by atoms with Gasteiger partial charge in [0, 0.05) is 25.0 Å². The maximum Gasteiger partial charge on any atom is 0.249 e. The van der Waals surface area contributed by atoms with E-state index in [2.05, 4.69) is 9.97 Å². The van der Waals surface area contributed by atoms with Crippen molar-refractivity contribution >= 4 is 21.6 Å². The number of benzene rings is 1. The molecule has 1 aliphatic heterocycles. The summed E-state index contributed by atoms with van der Waals surface area (Å²) >= 11 is 0. The molecular weight excluding hydrogens is 571 g/mol. The molecule has 5 rings (SSSR count). The minimum absolute atomic E-state index is 0.0948. The minimum Gasteiger partial charge on any atom is -0.329 e. The van der Waals surface area contributed by atoms with Crippen LogP contribution in [0.5, 0.6) is 0 Å². The molecule has 1 aliphatic carbocycles. The van der Waals surface area contributed by atoms with Gasteiger partial charge in [-0.3, -0.25) is 14.6 Å². The van der Waals surface area contributed by atoms with Crippen molar-refractivity contribution in [2.24, 2.45) is 0 Å². The number of aromatic amines is 1. The number of carbonyl (C=O) groups excluding carboxylic acids is 1. The highest BCUT2D eigenvalue weighted by Crippen LogP contribution is 2.35. The van der Waals surface area contributed by atoms with Crippen LogP contribution in [0.4, 0.5) is 27.6 Å². The van der Waals surface area contributed by atoms with E-state index in [-0.39, 0.29) is 18.7 Å². The van der Waals surface area contributed by atoms with Crippen molar-refractivity contribution in [1.82, 2.24) is 14.3 Å². The van der Waals surface area contributed by atoms with Crippen LogP contribution < -0.4 is 10.5 Å². The van der Waals surface area contributed by atoms with E-state index in [4.69, 9.17) is 0 Å². The summed E-state index contributed by atoms with van der Waals surface area (Å²) in [5, 5.41) is 0. The second-order valence-electron chi connectivity index (χ2n) is 10.1. The van der Waals surface area contributed by atoms with E-state index < -0.39 is 68.1 Å². The second-order valence-corrected chi connectivity index (χ2v) is 11.9. The molecule has 1 saturated heterocycles. The van der Waals surface area contributed by atoms with Crippen LogP contribution in [-0.2, 0) is 21.4 Å². The fourth-order valence-electron chi connectivity index (χ4n) is 5.27. The van der Waals surface area contributed by atoms with Crippen molar-refractivity contribution in [2.75, 3.05) is 11.4 Å². The molecule has 0 unspecified atom stereocenters. The molecule has 2 fully saturated rings. The average molecular weight is 597 g/mol. The van der Waals surface area contributed by atoms with Gasteiger partial charge in [0.25, 0.3) is 0 Å². The van der Waals surface area contributed by atoms with E-state index in [0.29, 0.717) is 15.9 Å². The van der Waals surface area contributed by atoms with Gasteiger partial charge in [0.15, 0.2) is 28.2 Å².